The zero-order chi connectivity index (χ0) is 23.0. The monoisotopic (exact) mass is 460 g/mol. The molecule has 0 radical (unpaired) electrons. The molecule has 0 unspecified atom stereocenters. The van der Waals surface area contributed by atoms with Crippen LogP contribution in [0.3, 0.4) is 0 Å². The lowest BCUT2D eigenvalue weighted by Gasteiger charge is -2.73. The highest BCUT2D eigenvalue weighted by molar-refractivity contribution is 7.15. The molecular weight excluding hydrogens is 428 g/mol. The number of ether oxygens (including phenoxy) is 1. The summed E-state index contributed by atoms with van der Waals surface area (Å²) in [6.45, 7) is 12.5. The van der Waals surface area contributed by atoms with Crippen molar-refractivity contribution >= 4 is 22.3 Å². The number of anilines is 1. The van der Waals surface area contributed by atoms with Crippen LogP contribution in [0.1, 0.15) is 51.1 Å². The van der Waals surface area contributed by atoms with Crippen molar-refractivity contribution in [2.24, 2.45) is 28.6 Å². The molecule has 7 rings (SSSR count). The van der Waals surface area contributed by atoms with Gasteiger partial charge in [-0.1, -0.05) is 20.4 Å². The highest BCUT2D eigenvalue weighted by atomic mass is 32.1. The van der Waals surface area contributed by atoms with E-state index >= 15 is 0 Å². The Kier molecular flexibility index (Phi) is 3.99. The minimum absolute atomic E-state index is 0.177. The van der Waals surface area contributed by atoms with E-state index < -0.39 is 34.7 Å². The SMILES string of the molecule is C=C1C(=O)[C@]23[C@H](O)[C@H]1CC[C@H]2[C@@]12CO[C@@]3(O)[C@@H](O)[C@@H]1C(C)(C)Cc1sc(NC(C)C)nc12. The van der Waals surface area contributed by atoms with Gasteiger partial charge in [0, 0.05) is 28.2 Å². The number of nitrogens with one attached hydrogen (secondary N) is 1. The zero-order valence-corrected chi connectivity index (χ0v) is 19.8. The fourth-order valence-electron chi connectivity index (χ4n) is 8.40. The molecule has 32 heavy (non-hydrogen) atoms. The Hall–Kier alpha value is -1.32. The lowest BCUT2D eigenvalue weighted by atomic mass is 9.36. The summed E-state index contributed by atoms with van der Waals surface area (Å²) in [6.07, 6.45) is -0.427. The van der Waals surface area contributed by atoms with Crippen molar-refractivity contribution in [2.75, 3.05) is 11.9 Å². The molecule has 2 aliphatic heterocycles. The van der Waals surface area contributed by atoms with Crippen LogP contribution in [0.15, 0.2) is 12.2 Å². The molecule has 4 bridgehead atoms. The van der Waals surface area contributed by atoms with Gasteiger partial charge in [0.15, 0.2) is 10.9 Å². The molecule has 5 fully saturated rings. The van der Waals surface area contributed by atoms with E-state index in [4.69, 9.17) is 9.72 Å². The van der Waals surface area contributed by atoms with Crippen molar-refractivity contribution in [1.29, 1.82) is 0 Å². The van der Waals surface area contributed by atoms with Crippen LogP contribution in [0.5, 0.6) is 0 Å². The van der Waals surface area contributed by atoms with Crippen LogP contribution in [0.4, 0.5) is 5.13 Å². The van der Waals surface area contributed by atoms with E-state index in [1.807, 2.05) is 0 Å². The van der Waals surface area contributed by atoms with Gasteiger partial charge >= 0.3 is 0 Å². The summed E-state index contributed by atoms with van der Waals surface area (Å²) in [6, 6.07) is 0.219. The first-order chi connectivity index (χ1) is 14.9. The van der Waals surface area contributed by atoms with E-state index in [0.29, 0.717) is 18.4 Å². The van der Waals surface area contributed by atoms with Gasteiger partial charge in [-0.05, 0) is 50.0 Å². The number of aliphatic hydroxyl groups is 3. The van der Waals surface area contributed by atoms with E-state index in [-0.39, 0.29) is 35.7 Å². The molecule has 2 saturated heterocycles. The number of aromatic nitrogens is 1. The maximum atomic E-state index is 13.7. The molecule has 3 heterocycles. The van der Waals surface area contributed by atoms with Crippen molar-refractivity contribution in [1.82, 2.24) is 4.98 Å². The minimum Gasteiger partial charge on any atom is -0.391 e. The van der Waals surface area contributed by atoms with Crippen LogP contribution in [0, 0.1) is 28.6 Å². The normalized spacial score (nSPS) is 47.9. The molecule has 3 saturated carbocycles. The number of thiazole rings is 1. The molecule has 4 aliphatic carbocycles. The maximum absolute atomic E-state index is 13.7. The van der Waals surface area contributed by atoms with Gasteiger partial charge in [-0.15, -0.1) is 11.3 Å². The van der Waals surface area contributed by atoms with Crippen LogP contribution >= 0.6 is 11.3 Å². The fourth-order valence-corrected chi connectivity index (χ4v) is 9.84. The highest BCUT2D eigenvalue weighted by Crippen LogP contribution is 2.75. The topological polar surface area (TPSA) is 112 Å². The van der Waals surface area contributed by atoms with Crippen LogP contribution in [-0.2, 0) is 21.4 Å². The Morgan fingerprint density at radius 2 is 1.97 bits per heavy atom. The second-order valence-corrected chi connectivity index (χ2v) is 12.7. The molecule has 1 aromatic heterocycles. The fraction of sp³-hybridized carbons (Fsp3) is 0.750. The number of Topliss-reactive ketones (excluding diaryl/α,β-unsaturated/α-hetero) is 1. The Morgan fingerprint density at radius 1 is 1.25 bits per heavy atom. The van der Waals surface area contributed by atoms with Crippen molar-refractivity contribution in [3.05, 3.63) is 22.7 Å². The summed E-state index contributed by atoms with van der Waals surface area (Å²) in [5.41, 5.74) is -1.51. The second kappa shape index (κ2) is 6.02. The van der Waals surface area contributed by atoms with E-state index in [2.05, 4.69) is 39.6 Å². The van der Waals surface area contributed by atoms with Gasteiger partial charge in [-0.2, -0.15) is 0 Å². The van der Waals surface area contributed by atoms with Crippen LogP contribution in [-0.4, -0.2) is 56.7 Å². The molecule has 0 aromatic carbocycles. The number of hydrogen-bond donors (Lipinski definition) is 4. The second-order valence-electron chi connectivity index (χ2n) is 11.6. The van der Waals surface area contributed by atoms with Gasteiger partial charge in [0.2, 0.25) is 5.79 Å². The van der Waals surface area contributed by atoms with E-state index in [0.717, 1.165) is 22.1 Å². The summed E-state index contributed by atoms with van der Waals surface area (Å²) < 4.78 is 6.08. The smallest absolute Gasteiger partial charge is 0.208 e. The number of fused-ring (bicyclic) bond motifs is 3. The summed E-state index contributed by atoms with van der Waals surface area (Å²) in [7, 11) is 0. The lowest BCUT2D eigenvalue weighted by Crippen LogP contribution is -2.85. The number of rotatable bonds is 2. The quantitative estimate of drug-likeness (QED) is 0.500. The average molecular weight is 461 g/mol. The average Bonchev–Trinajstić information content (AvgIpc) is 3.12. The predicted molar refractivity (Wildman–Crippen MR) is 119 cm³/mol. The first-order valence-electron chi connectivity index (χ1n) is 11.7. The Morgan fingerprint density at radius 3 is 2.66 bits per heavy atom. The van der Waals surface area contributed by atoms with Crippen molar-refractivity contribution < 1.29 is 24.9 Å². The number of nitrogens with zero attached hydrogens (tertiary/aromatic N) is 1. The standard InChI is InChI=1S/C24H32N2O5S/c1-10(2)25-20-26-16-13(32-20)8-21(4,5)15-19(29)24(30)23-14(22(15,16)9-31-24)7-6-12(18(23)28)11(3)17(23)27/h10,12,14-15,18-19,28-30H,3,6-9H2,1-2,4-5H3,(H,25,26)/t12-,14-,15+,18+,19-,22-,23-,24-/m0/s1. The van der Waals surface area contributed by atoms with Crippen LogP contribution in [0.25, 0.3) is 0 Å². The largest absolute Gasteiger partial charge is 0.391 e. The molecule has 174 valence electrons. The molecule has 4 N–H and O–H groups in total. The first kappa shape index (κ1) is 21.2. The molecule has 1 aromatic rings. The summed E-state index contributed by atoms with van der Waals surface area (Å²) in [5, 5.41) is 39.4. The summed E-state index contributed by atoms with van der Waals surface area (Å²) in [4.78, 5) is 19.9. The first-order valence-corrected chi connectivity index (χ1v) is 12.5. The van der Waals surface area contributed by atoms with Gasteiger partial charge in [0.05, 0.1) is 18.4 Å². The lowest BCUT2D eigenvalue weighted by molar-refractivity contribution is -0.429. The number of carbonyl (C=O) groups is 1. The van der Waals surface area contributed by atoms with Gasteiger partial charge in [0.25, 0.3) is 0 Å². The molecule has 8 atom stereocenters. The molecule has 8 heteroatoms. The number of ketones is 1. The van der Waals surface area contributed by atoms with Crippen LogP contribution < -0.4 is 5.32 Å². The molecule has 0 amide bonds. The third-order valence-electron chi connectivity index (χ3n) is 9.30. The number of aliphatic hydroxyl groups excluding tert-OH is 2. The van der Waals surface area contributed by atoms with E-state index in [9.17, 15) is 20.1 Å². The number of carbonyl (C=O) groups excluding carboxylic acids is 1. The maximum Gasteiger partial charge on any atom is 0.208 e. The van der Waals surface area contributed by atoms with Crippen molar-refractivity contribution in [3.63, 3.8) is 0 Å². The molecular formula is C24H32N2O5S. The summed E-state index contributed by atoms with van der Waals surface area (Å²) in [5.74, 6) is -3.62. The highest BCUT2D eigenvalue weighted by Gasteiger charge is 2.86. The van der Waals surface area contributed by atoms with Gasteiger partial charge in [-0.25, -0.2) is 4.98 Å². The molecule has 7 nitrogen and oxygen atoms in total. The van der Waals surface area contributed by atoms with Crippen LogP contribution in [0.2, 0.25) is 0 Å². The van der Waals surface area contributed by atoms with Crippen molar-refractivity contribution in [3.8, 4) is 0 Å². The predicted octanol–water partition coefficient (Wildman–Crippen LogP) is 2.01. The van der Waals surface area contributed by atoms with Gasteiger partial charge in [-0.3, -0.25) is 4.79 Å². The number of hydrogen-bond acceptors (Lipinski definition) is 8. The minimum atomic E-state index is -2.14. The molecule has 2 spiro atoms. The summed E-state index contributed by atoms with van der Waals surface area (Å²) >= 11 is 1.62. The third-order valence-corrected chi connectivity index (χ3v) is 10.3. The van der Waals surface area contributed by atoms with Crippen molar-refractivity contribution in [2.45, 2.75) is 76.4 Å². The Labute approximate surface area is 191 Å². The third kappa shape index (κ3) is 2.01. The molecule has 6 aliphatic rings. The Balaban J connectivity index is 1.65. The van der Waals surface area contributed by atoms with Gasteiger partial charge < -0.3 is 25.4 Å². The zero-order valence-electron chi connectivity index (χ0n) is 19.0. The van der Waals surface area contributed by atoms with E-state index in [1.165, 1.54) is 0 Å². The van der Waals surface area contributed by atoms with E-state index in [1.54, 1.807) is 11.3 Å². The van der Waals surface area contributed by atoms with Gasteiger partial charge in [0.1, 0.15) is 11.5 Å². The Bertz CT molecular complexity index is 1050.